The maximum atomic E-state index is 2.45. The van der Waals surface area contributed by atoms with Gasteiger partial charge in [-0.25, -0.2) is 0 Å². The lowest BCUT2D eigenvalue weighted by Gasteiger charge is -2.48. The van der Waals surface area contributed by atoms with Crippen LogP contribution in [0.3, 0.4) is 0 Å². The smallest absolute Gasteiger partial charge is 0.0720 e. The van der Waals surface area contributed by atoms with Crippen LogP contribution in [0.15, 0.2) is 285 Å². The highest BCUT2D eigenvalue weighted by Gasteiger charge is 2.59. The summed E-state index contributed by atoms with van der Waals surface area (Å²) < 4.78 is 0. The molecule has 0 amide bonds. The molecule has 0 bridgehead atoms. The largest absolute Gasteiger partial charge is 0.310 e. The van der Waals surface area contributed by atoms with Gasteiger partial charge in [0.05, 0.1) is 10.8 Å². The zero-order valence-corrected chi connectivity index (χ0v) is 43.6. The zero-order valence-electron chi connectivity index (χ0n) is 43.6. The highest BCUT2D eigenvalue weighted by atomic mass is 15.1. The molecule has 0 aliphatic heterocycles. The molecule has 1 heteroatoms. The molecule has 1 nitrogen and oxygen atoms in total. The maximum Gasteiger partial charge on any atom is 0.0720 e. The van der Waals surface area contributed by atoms with Gasteiger partial charge < -0.3 is 4.90 Å². The summed E-state index contributed by atoms with van der Waals surface area (Å²) in [4.78, 5) is 2.45. The molecule has 12 aromatic carbocycles. The topological polar surface area (TPSA) is 3.24 Å². The van der Waals surface area contributed by atoms with E-state index in [1.165, 1.54) is 122 Å². The molecule has 0 aromatic heterocycles. The monoisotopic (exact) mass is 991 g/mol. The second-order valence-electron chi connectivity index (χ2n) is 22.2. The number of anilines is 3. The van der Waals surface area contributed by atoms with Crippen molar-refractivity contribution in [3.8, 4) is 66.8 Å². The maximum absolute atomic E-state index is 2.45. The zero-order chi connectivity index (χ0) is 51.7. The molecule has 0 saturated carbocycles. The van der Waals surface area contributed by atoms with E-state index in [4.69, 9.17) is 0 Å². The van der Waals surface area contributed by atoms with E-state index in [0.29, 0.717) is 0 Å². The van der Waals surface area contributed by atoms with Crippen LogP contribution < -0.4 is 4.90 Å². The van der Waals surface area contributed by atoms with Crippen LogP contribution >= 0.6 is 0 Å². The molecular weight excluding hydrogens is 939 g/mol. The lowest BCUT2D eigenvalue weighted by Crippen LogP contribution is -2.43. The summed E-state index contributed by atoms with van der Waals surface area (Å²) in [5.74, 6) is 0. The summed E-state index contributed by atoms with van der Waals surface area (Å²) >= 11 is 0. The van der Waals surface area contributed by atoms with Crippen molar-refractivity contribution < 1.29 is 0 Å². The Balaban J connectivity index is 0.856. The minimum Gasteiger partial charge on any atom is -0.310 e. The Morgan fingerprint density at radius 3 is 1.18 bits per heavy atom. The Hall–Kier alpha value is -9.56. The molecule has 0 radical (unpaired) electrons. The van der Waals surface area contributed by atoms with E-state index in [0.717, 1.165) is 17.1 Å². The Morgan fingerprint density at radius 1 is 0.218 bits per heavy atom. The van der Waals surface area contributed by atoms with Gasteiger partial charge in [-0.15, -0.1) is 0 Å². The number of rotatable bonds is 6. The fourth-order valence-electron chi connectivity index (χ4n) is 14.9. The van der Waals surface area contributed by atoms with Gasteiger partial charge in [0.15, 0.2) is 0 Å². The van der Waals surface area contributed by atoms with Gasteiger partial charge in [-0.1, -0.05) is 257 Å². The molecule has 0 heterocycles. The molecule has 2 spiro atoms. The molecule has 366 valence electrons. The van der Waals surface area contributed by atoms with Crippen LogP contribution in [0.4, 0.5) is 17.1 Å². The standard InChI is InChI=1S/C77H53N/c1-75(2)72-48-54(51-23-7-4-8-24-51)41-45-61(72)62-46-44-57(49-73(62)75)78(56-26-19-25-53(47-56)50-21-5-3-6-22-50)55-42-39-52(40-43-55)58-30-20-38-71-74(58)63-29-11-14-33-66(63)77(71)69-36-17-15-34-67(69)76(68-35-16-18-37-70(68)77)64-31-12-9-27-59(64)60-28-10-13-32-65(60)76/h3-49H,1-2H3. The van der Waals surface area contributed by atoms with Crippen molar-refractivity contribution >= 4 is 17.1 Å². The van der Waals surface area contributed by atoms with Crippen LogP contribution in [0.1, 0.15) is 69.5 Å². The van der Waals surface area contributed by atoms with Crippen molar-refractivity contribution in [2.45, 2.75) is 30.1 Å². The van der Waals surface area contributed by atoms with Crippen molar-refractivity contribution in [1.82, 2.24) is 0 Å². The molecule has 0 N–H and O–H groups in total. The number of nitrogens with zero attached hydrogens (tertiary/aromatic N) is 1. The Bertz CT molecular complexity index is 4310. The molecule has 0 saturated heterocycles. The average Bonchev–Trinajstić information content (AvgIpc) is 3.27. The van der Waals surface area contributed by atoms with Crippen LogP contribution in [0.25, 0.3) is 66.8 Å². The van der Waals surface area contributed by atoms with Crippen LogP contribution in [-0.4, -0.2) is 0 Å². The number of fused-ring (bicyclic) bond motifs is 19. The fraction of sp³-hybridized carbons (Fsp3) is 0.0649. The van der Waals surface area contributed by atoms with E-state index in [1.807, 2.05) is 0 Å². The first kappa shape index (κ1) is 44.7. The summed E-state index contributed by atoms with van der Waals surface area (Å²) in [6, 6.07) is 107. The number of benzene rings is 12. The van der Waals surface area contributed by atoms with E-state index < -0.39 is 10.8 Å². The third kappa shape index (κ3) is 6.02. The summed E-state index contributed by atoms with van der Waals surface area (Å²) in [7, 11) is 0. The molecule has 4 aliphatic carbocycles. The van der Waals surface area contributed by atoms with E-state index in [1.54, 1.807) is 0 Å². The Kier molecular flexibility index (Phi) is 9.58. The normalized spacial score (nSPS) is 14.6. The van der Waals surface area contributed by atoms with Gasteiger partial charge in [0.2, 0.25) is 0 Å². The summed E-state index contributed by atoms with van der Waals surface area (Å²) in [5.41, 5.74) is 30.7. The minimum atomic E-state index is -0.558. The molecule has 0 atom stereocenters. The second kappa shape index (κ2) is 16.7. The predicted molar refractivity (Wildman–Crippen MR) is 323 cm³/mol. The van der Waals surface area contributed by atoms with E-state index in [2.05, 4.69) is 304 Å². The fourth-order valence-corrected chi connectivity index (χ4v) is 14.9. The molecule has 78 heavy (non-hydrogen) atoms. The lowest BCUT2D eigenvalue weighted by atomic mass is 9.52. The third-order valence-corrected chi connectivity index (χ3v) is 18.2. The van der Waals surface area contributed by atoms with Crippen molar-refractivity contribution in [3.63, 3.8) is 0 Å². The van der Waals surface area contributed by atoms with Gasteiger partial charge in [0.1, 0.15) is 0 Å². The van der Waals surface area contributed by atoms with Crippen molar-refractivity contribution in [3.05, 3.63) is 341 Å². The van der Waals surface area contributed by atoms with Gasteiger partial charge in [0.25, 0.3) is 0 Å². The number of hydrogen-bond donors (Lipinski definition) is 0. The van der Waals surface area contributed by atoms with E-state index in [-0.39, 0.29) is 5.41 Å². The Morgan fingerprint density at radius 2 is 0.590 bits per heavy atom. The van der Waals surface area contributed by atoms with Crippen LogP contribution in [0, 0.1) is 0 Å². The summed E-state index contributed by atoms with van der Waals surface area (Å²) in [5, 5.41) is 0. The van der Waals surface area contributed by atoms with Gasteiger partial charge in [0, 0.05) is 22.5 Å². The number of hydrogen-bond acceptors (Lipinski definition) is 1. The quantitative estimate of drug-likeness (QED) is 0.160. The summed E-state index contributed by atoms with van der Waals surface area (Å²) in [6.45, 7) is 4.78. The molecule has 0 fully saturated rings. The minimum absolute atomic E-state index is 0.208. The van der Waals surface area contributed by atoms with Gasteiger partial charge in [-0.2, -0.15) is 0 Å². The molecule has 16 rings (SSSR count). The van der Waals surface area contributed by atoms with Crippen LogP contribution in [0.5, 0.6) is 0 Å². The molecule has 4 aliphatic rings. The van der Waals surface area contributed by atoms with Crippen molar-refractivity contribution in [2.24, 2.45) is 0 Å². The van der Waals surface area contributed by atoms with Gasteiger partial charge in [-0.05, 0) is 165 Å². The van der Waals surface area contributed by atoms with Gasteiger partial charge in [-0.3, -0.25) is 0 Å². The first-order valence-corrected chi connectivity index (χ1v) is 27.5. The van der Waals surface area contributed by atoms with Crippen molar-refractivity contribution in [1.29, 1.82) is 0 Å². The van der Waals surface area contributed by atoms with Crippen LogP contribution in [-0.2, 0) is 16.2 Å². The van der Waals surface area contributed by atoms with Gasteiger partial charge >= 0.3 is 0 Å². The first-order valence-electron chi connectivity index (χ1n) is 27.5. The molecule has 12 aromatic rings. The highest BCUT2D eigenvalue weighted by molar-refractivity contribution is 5.99. The average molecular weight is 992 g/mol. The van der Waals surface area contributed by atoms with E-state index in [9.17, 15) is 0 Å². The molecular formula is C77H53N. The first-order chi connectivity index (χ1) is 38.5. The summed E-state index contributed by atoms with van der Waals surface area (Å²) in [6.07, 6.45) is 0. The van der Waals surface area contributed by atoms with E-state index >= 15 is 0 Å². The molecule has 0 unspecified atom stereocenters. The lowest BCUT2D eigenvalue weighted by molar-refractivity contribution is 0.633. The Labute approximate surface area is 457 Å². The van der Waals surface area contributed by atoms with Crippen LogP contribution in [0.2, 0.25) is 0 Å². The SMILES string of the molecule is CC1(C)c2cc(-c3ccccc3)ccc2-c2ccc(N(c3ccc(-c4cccc5c4-c4ccccc4C54c5ccccc5C5(c6ccccc6-c6ccccc65)c5ccccc54)cc3)c3cccc(-c4ccccc4)c3)cc21. The third-order valence-electron chi connectivity index (χ3n) is 18.2. The van der Waals surface area contributed by atoms with Crippen molar-refractivity contribution in [2.75, 3.05) is 4.90 Å². The highest BCUT2D eigenvalue weighted by Crippen LogP contribution is 2.68. The predicted octanol–water partition coefficient (Wildman–Crippen LogP) is 19.5. The second-order valence-corrected chi connectivity index (χ2v) is 22.2.